The second-order valence-corrected chi connectivity index (χ2v) is 44.5. The van der Waals surface area contributed by atoms with Crippen LogP contribution in [0.4, 0.5) is 0 Å². The van der Waals surface area contributed by atoms with E-state index in [1.54, 1.807) is 0 Å². The predicted octanol–water partition coefficient (Wildman–Crippen LogP) is 20.8. The Labute approximate surface area is 703 Å². The van der Waals surface area contributed by atoms with Crippen LogP contribution in [0.5, 0.6) is 46.0 Å². The number of allylic oxidation sites excluding steroid dienone is 2. The summed E-state index contributed by atoms with van der Waals surface area (Å²) in [6.07, 6.45) is 42.1. The van der Waals surface area contributed by atoms with Crippen LogP contribution in [-0.2, 0) is 26.5 Å². The summed E-state index contributed by atoms with van der Waals surface area (Å²) in [6.45, 7) is 19.2. The first-order chi connectivity index (χ1) is 56.6. The van der Waals surface area contributed by atoms with Gasteiger partial charge >= 0.3 is 0 Å². The summed E-state index contributed by atoms with van der Waals surface area (Å²) in [5, 5.41) is 138. The standard InChI is InChI=1S/C26H36O4.C26H34O4.C26H38O3.C26H36O3/c2*1-15(13-27)21-3-2-16(14-28)7-22(21)25-23(29)8-20(9-24(25)30)26-10-17-4-18(11-26)6-19(5-17)12-26;2*1-15(2)21-4-3-16(14-27)8-22(21)25-23(28)9-20(10-24(25)29)26-11-17-5-18(12-26)7-19(6-17)13-26/h8-9,16-19,21-22,27-30H,1-7,10-14H2;8-9,13,16-19,21-22,28-30H,1-7,10-12,14H2;9-10,15-19,21-22,27-29H,3-8,11-14H2,1-2H3;9-10,16-19,21-22,27-29H,1,3-8,11-14H2,2H3/t4*16-,17?,18?,19?,21+,22-,26?/m1111/s1. The number of phenols is 8. The van der Waals surface area contributed by atoms with Gasteiger partial charge in [0.05, 0.1) is 6.61 Å². The molecule has 20 aliphatic carbocycles. The molecule has 0 spiro atoms. The van der Waals surface area contributed by atoms with Crippen molar-refractivity contribution < 1.29 is 71.2 Å². The zero-order chi connectivity index (χ0) is 82.8. The van der Waals surface area contributed by atoms with Crippen molar-refractivity contribution in [1.82, 2.24) is 0 Å². The molecule has 4 aromatic rings. The third kappa shape index (κ3) is 16.0. The number of hydrogen-bond donors (Lipinski definition) is 13. The van der Waals surface area contributed by atoms with Gasteiger partial charge in [-0.2, -0.15) is 0 Å². The van der Waals surface area contributed by atoms with E-state index in [1.807, 2.05) is 48.5 Å². The van der Waals surface area contributed by atoms with Gasteiger partial charge in [0.2, 0.25) is 0 Å². The number of aliphatic hydroxyl groups excluding tert-OH is 5. The highest BCUT2D eigenvalue weighted by Gasteiger charge is 2.57. The van der Waals surface area contributed by atoms with Crippen LogP contribution in [0.1, 0.15) is 320 Å². The maximum Gasteiger partial charge on any atom is 0.145 e. The minimum atomic E-state index is -0.195. The topological polar surface area (TPSA) is 280 Å². The number of carbonyl (C=O) groups is 1. The molecule has 118 heavy (non-hydrogen) atoms. The monoisotopic (exact) mass is 1620 g/mol. The van der Waals surface area contributed by atoms with Crippen molar-refractivity contribution in [2.24, 2.45) is 124 Å². The summed E-state index contributed by atoms with van der Waals surface area (Å²) in [6, 6.07) is 15.7. The highest BCUT2D eigenvalue weighted by atomic mass is 16.3. The molecule has 16 bridgehead atoms. The fourth-order valence-electron chi connectivity index (χ4n) is 32.6. The molecule has 13 N–H and O–H groups in total. The Bertz CT molecular complexity index is 4120. The molecule has 0 radical (unpaired) electrons. The summed E-state index contributed by atoms with van der Waals surface area (Å²) in [5.41, 5.74) is 10.1. The Hall–Kier alpha value is -6.03. The van der Waals surface area contributed by atoms with Crippen molar-refractivity contribution in [2.45, 2.75) is 297 Å². The van der Waals surface area contributed by atoms with Gasteiger partial charge in [-0.15, -0.1) is 0 Å². The van der Waals surface area contributed by atoms with E-state index in [0.717, 1.165) is 175 Å². The molecule has 14 nitrogen and oxygen atoms in total. The van der Waals surface area contributed by atoms with Crippen LogP contribution in [0.3, 0.4) is 0 Å². The SMILES string of the molecule is C=C(C)[C@@H]1CC[C@@H](CO)C[C@H]1c1c(O)cc(C23CC4CC(CC(C4)C2)C3)cc1O.C=C(C=O)[C@@H]1CC[C@@H](CO)C[C@H]1c1c(O)cc(C23CC4CC(CC(C4)C2)C3)cc1O.C=C(CO)[C@@H]1CC[C@@H](CO)C[C@H]1c1c(O)cc(C23CC4CC(CC(C4)C2)C3)cc1O.CC(C)[C@@H]1CC[C@@H](CO)C[C@H]1c1c(O)cc(C23CC4CC(CC(C4)C2)C3)cc1O. The summed E-state index contributed by atoms with van der Waals surface area (Å²) < 4.78 is 0. The van der Waals surface area contributed by atoms with Gasteiger partial charge < -0.3 is 66.4 Å². The second kappa shape index (κ2) is 33.6. The molecule has 24 rings (SSSR count). The Morgan fingerprint density at radius 1 is 0.331 bits per heavy atom. The van der Waals surface area contributed by atoms with Gasteiger partial charge in [-0.25, -0.2) is 0 Å². The van der Waals surface area contributed by atoms with Crippen LogP contribution >= 0.6 is 0 Å². The lowest BCUT2D eigenvalue weighted by Crippen LogP contribution is -2.48. The molecule has 0 aromatic heterocycles. The smallest absolute Gasteiger partial charge is 0.145 e. The molecule has 0 aliphatic heterocycles. The van der Waals surface area contributed by atoms with E-state index in [-0.39, 0.29) is 154 Å². The zero-order valence-corrected chi connectivity index (χ0v) is 71.5. The number of phenolic OH excluding ortho intramolecular Hbond substituents is 8. The first kappa shape index (κ1) is 84.2. The van der Waals surface area contributed by atoms with Crippen molar-refractivity contribution in [3.63, 3.8) is 0 Å². The molecule has 0 saturated heterocycles. The number of aromatic hydroxyl groups is 8. The maximum atomic E-state index is 11.4. The quantitative estimate of drug-likeness (QED) is 0.0251. The van der Waals surface area contributed by atoms with Crippen LogP contribution < -0.4 is 0 Å². The molecule has 20 aliphatic rings. The molecular weight excluding hydrogens is 1470 g/mol. The van der Waals surface area contributed by atoms with Crippen molar-refractivity contribution in [3.05, 3.63) is 129 Å². The molecule has 644 valence electrons. The predicted molar refractivity (Wildman–Crippen MR) is 462 cm³/mol. The minimum absolute atomic E-state index is 0.0139. The number of aliphatic hydroxyl groups is 5. The van der Waals surface area contributed by atoms with E-state index in [4.69, 9.17) is 0 Å². The molecule has 20 saturated carbocycles. The molecule has 4 aromatic carbocycles. The average molecular weight is 1620 g/mol. The van der Waals surface area contributed by atoms with Gasteiger partial charge in [0.25, 0.3) is 0 Å². The lowest BCUT2D eigenvalue weighted by atomic mass is 9.48. The summed E-state index contributed by atoms with van der Waals surface area (Å²) in [5.74, 6) is 13.3. The van der Waals surface area contributed by atoms with Crippen LogP contribution in [0.15, 0.2) is 85.0 Å². The Morgan fingerprint density at radius 3 is 0.788 bits per heavy atom. The first-order valence-corrected chi connectivity index (χ1v) is 47.4. The van der Waals surface area contributed by atoms with Crippen molar-refractivity contribution >= 4 is 6.29 Å². The molecule has 0 unspecified atom stereocenters. The largest absolute Gasteiger partial charge is 0.508 e. The van der Waals surface area contributed by atoms with Crippen molar-refractivity contribution in [2.75, 3.05) is 33.0 Å². The zero-order valence-electron chi connectivity index (χ0n) is 71.5. The molecule has 14 heteroatoms. The Morgan fingerprint density at radius 2 is 0.551 bits per heavy atom. The summed E-state index contributed by atoms with van der Waals surface area (Å²) in [4.78, 5) is 11.4. The highest BCUT2D eigenvalue weighted by Crippen LogP contribution is 2.68. The van der Waals surface area contributed by atoms with E-state index in [2.05, 4.69) is 40.5 Å². The summed E-state index contributed by atoms with van der Waals surface area (Å²) >= 11 is 0. The highest BCUT2D eigenvalue weighted by molar-refractivity contribution is 5.73. The second-order valence-electron chi connectivity index (χ2n) is 44.5. The van der Waals surface area contributed by atoms with Gasteiger partial charge in [0.1, 0.15) is 52.3 Å². The molecule has 0 amide bonds. The molecule has 12 atom stereocenters. The number of rotatable bonds is 18. The number of benzene rings is 4. The van der Waals surface area contributed by atoms with Gasteiger partial charge in [-0.05, 0) is 490 Å². The van der Waals surface area contributed by atoms with Gasteiger partial charge in [0.15, 0.2) is 0 Å². The van der Waals surface area contributed by atoms with Gasteiger partial charge in [-0.3, -0.25) is 4.79 Å². The van der Waals surface area contributed by atoms with E-state index in [9.17, 15) is 71.2 Å². The Kier molecular flexibility index (Phi) is 23.9. The van der Waals surface area contributed by atoms with Crippen LogP contribution in [0, 0.1) is 124 Å². The fourth-order valence-corrected chi connectivity index (χ4v) is 32.6. The molecule has 20 fully saturated rings. The van der Waals surface area contributed by atoms with E-state index < -0.39 is 0 Å². The normalized spacial score (nSPS) is 40.4. The third-order valence-corrected chi connectivity index (χ3v) is 36.4. The lowest BCUT2D eigenvalue weighted by Gasteiger charge is -2.57. The van der Waals surface area contributed by atoms with E-state index in [0.29, 0.717) is 58.4 Å². The van der Waals surface area contributed by atoms with Crippen molar-refractivity contribution in [3.8, 4) is 46.0 Å². The summed E-state index contributed by atoms with van der Waals surface area (Å²) in [7, 11) is 0. The number of carbonyl (C=O) groups excluding carboxylic acids is 1. The Balaban J connectivity index is 0.000000113. The maximum absolute atomic E-state index is 11.4. The van der Waals surface area contributed by atoms with E-state index in [1.165, 1.54) is 160 Å². The number of hydrogen-bond acceptors (Lipinski definition) is 14. The van der Waals surface area contributed by atoms with Crippen LogP contribution in [0.2, 0.25) is 0 Å². The van der Waals surface area contributed by atoms with Crippen LogP contribution in [-0.4, -0.2) is 106 Å². The van der Waals surface area contributed by atoms with Crippen molar-refractivity contribution in [1.29, 1.82) is 0 Å². The fraction of sp³-hybridized carbons (Fsp3) is 0.702. The van der Waals surface area contributed by atoms with E-state index >= 15 is 0 Å². The minimum Gasteiger partial charge on any atom is -0.508 e. The molecule has 0 heterocycles. The first-order valence-electron chi connectivity index (χ1n) is 47.4. The molecular formula is C104H144O14. The third-order valence-electron chi connectivity index (χ3n) is 36.4. The van der Waals surface area contributed by atoms with Crippen LogP contribution in [0.25, 0.3) is 0 Å². The lowest BCUT2D eigenvalue weighted by molar-refractivity contribution is -0.105. The van der Waals surface area contributed by atoms with Gasteiger partial charge in [-0.1, -0.05) is 39.2 Å². The average Bonchev–Trinajstić information content (AvgIpc) is 0.741. The van der Waals surface area contributed by atoms with Gasteiger partial charge in [0, 0.05) is 48.7 Å². The number of aldehydes is 1.